The number of thiophene rings is 1. The maximum absolute atomic E-state index is 9.92. The minimum absolute atomic E-state index is 0.374. The molecule has 0 aliphatic rings. The number of hydrogen-bond acceptors (Lipinski definition) is 4. The highest BCUT2D eigenvalue weighted by molar-refractivity contribution is 7.17. The molecule has 1 heterocycles. The Labute approximate surface area is 98.1 Å². The predicted octanol–water partition coefficient (Wildman–Crippen LogP) is 1.64. The highest BCUT2D eigenvalue weighted by atomic mass is 32.1. The Hall–Kier alpha value is -0.940. The summed E-state index contributed by atoms with van der Waals surface area (Å²) in [6, 6.07) is 7.76. The lowest BCUT2D eigenvalue weighted by molar-refractivity contribution is 0.0151. The number of rotatable bonds is 4. The van der Waals surface area contributed by atoms with E-state index in [4.69, 9.17) is 5.73 Å². The Morgan fingerprint density at radius 3 is 2.81 bits per heavy atom. The second-order valence-electron chi connectivity index (χ2n) is 3.81. The van der Waals surface area contributed by atoms with Gasteiger partial charge in [0.2, 0.25) is 0 Å². The molecule has 4 N–H and O–H groups in total. The van der Waals surface area contributed by atoms with Gasteiger partial charge in [-0.3, -0.25) is 0 Å². The lowest BCUT2D eigenvalue weighted by Crippen LogP contribution is -2.21. The summed E-state index contributed by atoms with van der Waals surface area (Å²) in [5.74, 6) is 0. The molecule has 3 nitrogen and oxygen atoms in total. The first-order valence-electron chi connectivity index (χ1n) is 5.25. The summed E-state index contributed by atoms with van der Waals surface area (Å²) in [4.78, 5) is 0. The van der Waals surface area contributed by atoms with E-state index in [1.807, 2.05) is 29.6 Å². The van der Waals surface area contributed by atoms with Crippen molar-refractivity contribution >= 4 is 21.4 Å². The van der Waals surface area contributed by atoms with Gasteiger partial charge < -0.3 is 15.9 Å². The van der Waals surface area contributed by atoms with E-state index < -0.39 is 12.2 Å². The van der Waals surface area contributed by atoms with Crippen molar-refractivity contribution < 1.29 is 10.2 Å². The van der Waals surface area contributed by atoms with Crippen molar-refractivity contribution in [3.8, 4) is 0 Å². The minimum Gasteiger partial charge on any atom is -0.390 e. The first kappa shape index (κ1) is 11.5. The second kappa shape index (κ2) is 4.93. The van der Waals surface area contributed by atoms with Crippen LogP contribution in [-0.2, 0) is 0 Å². The van der Waals surface area contributed by atoms with Gasteiger partial charge in [-0.15, -0.1) is 11.3 Å². The summed E-state index contributed by atoms with van der Waals surface area (Å²) in [5.41, 5.74) is 6.10. The predicted molar refractivity (Wildman–Crippen MR) is 66.5 cm³/mol. The second-order valence-corrected chi connectivity index (χ2v) is 4.76. The van der Waals surface area contributed by atoms with Gasteiger partial charge in [-0.2, -0.15) is 0 Å². The van der Waals surface area contributed by atoms with Gasteiger partial charge in [0.05, 0.1) is 6.10 Å². The molecule has 1 aromatic heterocycles. The number of nitrogens with two attached hydrogens (primary N) is 1. The number of aliphatic hydroxyl groups is 2. The lowest BCUT2D eigenvalue weighted by atomic mass is 10.0. The monoisotopic (exact) mass is 237 g/mol. The van der Waals surface area contributed by atoms with Gasteiger partial charge in [0.25, 0.3) is 0 Å². The summed E-state index contributed by atoms with van der Waals surface area (Å²) in [6.07, 6.45) is -1.23. The van der Waals surface area contributed by atoms with E-state index in [-0.39, 0.29) is 0 Å². The maximum atomic E-state index is 9.92. The summed E-state index contributed by atoms with van der Waals surface area (Å²) >= 11 is 1.63. The van der Waals surface area contributed by atoms with Crippen molar-refractivity contribution in [2.45, 2.75) is 18.6 Å². The van der Waals surface area contributed by atoms with E-state index in [2.05, 4.69) is 0 Å². The van der Waals surface area contributed by atoms with Gasteiger partial charge in [0.15, 0.2) is 0 Å². The van der Waals surface area contributed by atoms with E-state index in [0.29, 0.717) is 13.0 Å². The van der Waals surface area contributed by atoms with Crippen molar-refractivity contribution in [2.24, 2.45) is 5.73 Å². The molecule has 0 aliphatic carbocycles. The average Bonchev–Trinajstić information content (AvgIpc) is 2.75. The van der Waals surface area contributed by atoms with Crippen LogP contribution in [0, 0.1) is 0 Å². The van der Waals surface area contributed by atoms with Gasteiger partial charge in [-0.05, 0) is 41.4 Å². The molecule has 0 aliphatic heterocycles. The standard InChI is InChI=1S/C12H15NO2S/c13-5-3-10(14)12(15)9-2-1-8-4-6-16-11(8)7-9/h1-2,4,6-7,10,12,14-15H,3,5,13H2. The maximum Gasteiger partial charge on any atom is 0.105 e. The minimum atomic E-state index is -0.852. The third kappa shape index (κ3) is 2.25. The summed E-state index contributed by atoms with van der Waals surface area (Å²) in [5, 5.41) is 22.8. The Morgan fingerprint density at radius 2 is 2.06 bits per heavy atom. The molecule has 0 fully saturated rings. The van der Waals surface area contributed by atoms with E-state index in [1.54, 1.807) is 11.3 Å². The zero-order valence-electron chi connectivity index (χ0n) is 8.84. The normalized spacial score (nSPS) is 15.2. The fraction of sp³-hybridized carbons (Fsp3) is 0.333. The summed E-state index contributed by atoms with van der Waals surface area (Å²) < 4.78 is 1.12. The molecular weight excluding hydrogens is 222 g/mol. The molecular formula is C12H15NO2S. The Kier molecular flexibility index (Phi) is 3.56. The first-order valence-corrected chi connectivity index (χ1v) is 6.13. The topological polar surface area (TPSA) is 66.5 Å². The van der Waals surface area contributed by atoms with E-state index in [0.717, 1.165) is 15.6 Å². The van der Waals surface area contributed by atoms with Crippen LogP contribution in [-0.4, -0.2) is 22.9 Å². The van der Waals surface area contributed by atoms with Crippen molar-refractivity contribution in [3.63, 3.8) is 0 Å². The number of fused-ring (bicyclic) bond motifs is 1. The summed E-state index contributed by atoms with van der Waals surface area (Å²) in [6.45, 7) is 0.374. The van der Waals surface area contributed by atoms with Crippen molar-refractivity contribution in [1.29, 1.82) is 0 Å². The molecule has 1 aromatic carbocycles. The molecule has 16 heavy (non-hydrogen) atoms. The fourth-order valence-electron chi connectivity index (χ4n) is 1.71. The van der Waals surface area contributed by atoms with Crippen LogP contribution in [0.25, 0.3) is 10.1 Å². The van der Waals surface area contributed by atoms with E-state index >= 15 is 0 Å². The highest BCUT2D eigenvalue weighted by Crippen LogP contribution is 2.26. The quantitative estimate of drug-likeness (QED) is 0.757. The van der Waals surface area contributed by atoms with Gasteiger partial charge >= 0.3 is 0 Å². The number of aliphatic hydroxyl groups excluding tert-OH is 2. The van der Waals surface area contributed by atoms with Crippen molar-refractivity contribution in [2.75, 3.05) is 6.54 Å². The van der Waals surface area contributed by atoms with Gasteiger partial charge in [0, 0.05) is 4.70 Å². The molecule has 2 unspecified atom stereocenters. The Morgan fingerprint density at radius 1 is 1.25 bits per heavy atom. The number of hydrogen-bond donors (Lipinski definition) is 3. The smallest absolute Gasteiger partial charge is 0.105 e. The molecule has 2 atom stereocenters. The van der Waals surface area contributed by atoms with Crippen LogP contribution in [0.4, 0.5) is 0 Å². The first-order chi connectivity index (χ1) is 7.72. The fourth-order valence-corrected chi connectivity index (χ4v) is 2.54. The van der Waals surface area contributed by atoms with Gasteiger partial charge in [-0.1, -0.05) is 12.1 Å². The molecule has 0 radical (unpaired) electrons. The van der Waals surface area contributed by atoms with Crippen LogP contribution in [0.5, 0.6) is 0 Å². The SMILES string of the molecule is NCCC(O)C(O)c1ccc2ccsc2c1. The van der Waals surface area contributed by atoms with Gasteiger partial charge in [-0.25, -0.2) is 0 Å². The lowest BCUT2D eigenvalue weighted by Gasteiger charge is -2.17. The van der Waals surface area contributed by atoms with Crippen LogP contribution in [0.1, 0.15) is 18.1 Å². The van der Waals surface area contributed by atoms with Gasteiger partial charge in [0.1, 0.15) is 6.10 Å². The van der Waals surface area contributed by atoms with Crippen LogP contribution in [0.2, 0.25) is 0 Å². The van der Waals surface area contributed by atoms with Crippen molar-refractivity contribution in [1.82, 2.24) is 0 Å². The molecule has 0 saturated heterocycles. The van der Waals surface area contributed by atoms with E-state index in [9.17, 15) is 10.2 Å². The molecule has 2 rings (SSSR count). The third-order valence-electron chi connectivity index (χ3n) is 2.65. The average molecular weight is 237 g/mol. The molecule has 0 spiro atoms. The summed E-state index contributed by atoms with van der Waals surface area (Å²) in [7, 11) is 0. The molecule has 0 saturated carbocycles. The number of benzene rings is 1. The Bertz CT molecular complexity index is 469. The molecule has 2 aromatic rings. The van der Waals surface area contributed by atoms with Crippen LogP contribution in [0.3, 0.4) is 0 Å². The Balaban J connectivity index is 2.24. The third-order valence-corrected chi connectivity index (χ3v) is 3.53. The molecule has 4 heteroatoms. The largest absolute Gasteiger partial charge is 0.390 e. The molecule has 86 valence electrons. The molecule has 0 amide bonds. The van der Waals surface area contributed by atoms with Crippen LogP contribution >= 0.6 is 11.3 Å². The van der Waals surface area contributed by atoms with Crippen molar-refractivity contribution in [3.05, 3.63) is 35.2 Å². The van der Waals surface area contributed by atoms with Crippen LogP contribution in [0.15, 0.2) is 29.6 Å². The highest BCUT2D eigenvalue weighted by Gasteiger charge is 2.17. The molecule has 0 bridgehead atoms. The van der Waals surface area contributed by atoms with E-state index in [1.165, 1.54) is 0 Å². The zero-order chi connectivity index (χ0) is 11.5. The van der Waals surface area contributed by atoms with Crippen LogP contribution < -0.4 is 5.73 Å². The zero-order valence-corrected chi connectivity index (χ0v) is 9.65.